The van der Waals surface area contributed by atoms with Gasteiger partial charge in [0.1, 0.15) is 0 Å². The lowest BCUT2D eigenvalue weighted by atomic mass is 9.87. The summed E-state index contributed by atoms with van der Waals surface area (Å²) in [5.74, 6) is 0. The fourth-order valence-corrected chi connectivity index (χ4v) is 3.20. The lowest BCUT2D eigenvalue weighted by Gasteiger charge is -2.29. The molecule has 104 valence electrons. The van der Waals surface area contributed by atoms with Crippen molar-refractivity contribution in [1.82, 2.24) is 5.32 Å². The zero-order chi connectivity index (χ0) is 13.9. The molecule has 0 heterocycles. The first-order valence-corrected chi connectivity index (χ1v) is 7.71. The Bertz CT molecular complexity index is 576. The van der Waals surface area contributed by atoms with Gasteiger partial charge in [-0.25, -0.2) is 0 Å². The molecule has 1 aliphatic rings. The van der Waals surface area contributed by atoms with Gasteiger partial charge in [-0.1, -0.05) is 48.0 Å². The lowest BCUT2D eigenvalue weighted by Crippen LogP contribution is -2.27. The molecular formula is C18H20ClN. The van der Waals surface area contributed by atoms with Gasteiger partial charge in [-0.2, -0.15) is 0 Å². The quantitative estimate of drug-likeness (QED) is 0.830. The Hall–Kier alpha value is -1.31. The highest BCUT2D eigenvalue weighted by molar-refractivity contribution is 6.30. The van der Waals surface area contributed by atoms with Crippen LogP contribution in [0, 0.1) is 0 Å². The van der Waals surface area contributed by atoms with Gasteiger partial charge in [-0.05, 0) is 55.0 Å². The molecule has 1 N–H and O–H groups in total. The Balaban J connectivity index is 1.77. The van der Waals surface area contributed by atoms with Crippen molar-refractivity contribution in [3.63, 3.8) is 0 Å². The third kappa shape index (κ3) is 2.89. The van der Waals surface area contributed by atoms with Gasteiger partial charge in [-0.3, -0.25) is 0 Å². The minimum Gasteiger partial charge on any atom is -0.303 e. The van der Waals surface area contributed by atoms with Gasteiger partial charge >= 0.3 is 0 Å². The summed E-state index contributed by atoms with van der Waals surface area (Å²) in [6, 6.07) is 17.7. The minimum absolute atomic E-state index is 0.337. The van der Waals surface area contributed by atoms with Crippen molar-refractivity contribution in [2.24, 2.45) is 0 Å². The van der Waals surface area contributed by atoms with E-state index in [1.54, 1.807) is 0 Å². The van der Waals surface area contributed by atoms with Gasteiger partial charge in [0.25, 0.3) is 0 Å². The van der Waals surface area contributed by atoms with Crippen molar-refractivity contribution in [3.05, 3.63) is 70.2 Å². The molecule has 2 heteroatoms. The molecule has 2 atom stereocenters. The number of hydrogen-bond donors (Lipinski definition) is 1. The van der Waals surface area contributed by atoms with Crippen molar-refractivity contribution >= 4 is 11.6 Å². The van der Waals surface area contributed by atoms with Crippen molar-refractivity contribution in [1.29, 1.82) is 0 Å². The first-order chi connectivity index (χ1) is 9.74. The number of halogens is 1. The number of fused-ring (bicyclic) bond motifs is 1. The molecule has 0 bridgehead atoms. The zero-order valence-corrected chi connectivity index (χ0v) is 12.5. The Labute approximate surface area is 126 Å². The lowest BCUT2D eigenvalue weighted by molar-refractivity contribution is 0.415. The summed E-state index contributed by atoms with van der Waals surface area (Å²) in [7, 11) is 0. The molecule has 0 aliphatic heterocycles. The molecule has 0 radical (unpaired) electrons. The van der Waals surface area contributed by atoms with E-state index in [0.717, 1.165) is 5.02 Å². The fourth-order valence-electron chi connectivity index (χ4n) is 3.08. The summed E-state index contributed by atoms with van der Waals surface area (Å²) < 4.78 is 0. The number of benzene rings is 2. The van der Waals surface area contributed by atoms with Crippen LogP contribution in [-0.2, 0) is 6.42 Å². The van der Waals surface area contributed by atoms with Crippen LogP contribution < -0.4 is 5.32 Å². The minimum atomic E-state index is 0.337. The molecule has 3 rings (SSSR count). The number of hydrogen-bond acceptors (Lipinski definition) is 1. The van der Waals surface area contributed by atoms with Crippen molar-refractivity contribution < 1.29 is 0 Å². The van der Waals surface area contributed by atoms with Gasteiger partial charge < -0.3 is 5.32 Å². The molecule has 1 nitrogen and oxygen atoms in total. The van der Waals surface area contributed by atoms with E-state index < -0.39 is 0 Å². The average molecular weight is 286 g/mol. The number of nitrogens with one attached hydrogen (secondary N) is 1. The van der Waals surface area contributed by atoms with E-state index in [1.807, 2.05) is 12.1 Å². The van der Waals surface area contributed by atoms with Crippen molar-refractivity contribution in [3.8, 4) is 0 Å². The Morgan fingerprint density at radius 3 is 2.65 bits per heavy atom. The van der Waals surface area contributed by atoms with Crippen LogP contribution in [0.25, 0.3) is 0 Å². The highest BCUT2D eigenvalue weighted by Gasteiger charge is 2.21. The monoisotopic (exact) mass is 285 g/mol. The van der Waals surface area contributed by atoms with E-state index in [1.165, 1.54) is 36.0 Å². The van der Waals surface area contributed by atoms with Crippen molar-refractivity contribution in [2.45, 2.75) is 38.3 Å². The highest BCUT2D eigenvalue weighted by atomic mass is 35.5. The van der Waals surface area contributed by atoms with Crippen LogP contribution >= 0.6 is 11.6 Å². The first kappa shape index (κ1) is 13.7. The molecule has 0 saturated heterocycles. The Morgan fingerprint density at radius 1 is 1.10 bits per heavy atom. The van der Waals surface area contributed by atoms with Crippen LogP contribution in [0.4, 0.5) is 0 Å². The summed E-state index contributed by atoms with van der Waals surface area (Å²) in [6.45, 7) is 2.22. The van der Waals surface area contributed by atoms with Gasteiger partial charge in [0.05, 0.1) is 0 Å². The molecule has 1 unspecified atom stereocenters. The average Bonchev–Trinajstić information content (AvgIpc) is 2.48. The van der Waals surface area contributed by atoms with E-state index in [2.05, 4.69) is 48.6 Å². The smallest absolute Gasteiger partial charge is 0.0406 e. The van der Waals surface area contributed by atoms with E-state index in [4.69, 9.17) is 11.6 Å². The van der Waals surface area contributed by atoms with E-state index >= 15 is 0 Å². The molecule has 1 aliphatic carbocycles. The molecule has 2 aromatic carbocycles. The SMILES string of the molecule is C[C@H](NC1CCCc2ccccc21)c1ccc(Cl)cc1. The third-order valence-electron chi connectivity index (χ3n) is 4.19. The summed E-state index contributed by atoms with van der Waals surface area (Å²) in [6.07, 6.45) is 3.70. The van der Waals surface area contributed by atoms with Crippen LogP contribution in [0.2, 0.25) is 5.02 Å². The van der Waals surface area contributed by atoms with Gasteiger partial charge in [-0.15, -0.1) is 0 Å². The standard InChI is InChI=1S/C18H20ClN/c1-13(14-9-11-16(19)12-10-14)20-18-8-4-6-15-5-2-3-7-17(15)18/h2-3,5,7,9-13,18,20H,4,6,8H2,1H3/t13-,18?/m0/s1. The predicted octanol–water partition coefficient (Wildman–Crippen LogP) is 5.07. The highest BCUT2D eigenvalue weighted by Crippen LogP contribution is 2.31. The van der Waals surface area contributed by atoms with E-state index in [-0.39, 0.29) is 0 Å². The molecule has 2 aromatic rings. The number of rotatable bonds is 3. The van der Waals surface area contributed by atoms with Gasteiger partial charge in [0, 0.05) is 17.1 Å². The van der Waals surface area contributed by atoms with Gasteiger partial charge in [0.15, 0.2) is 0 Å². The maximum absolute atomic E-state index is 5.95. The van der Waals surface area contributed by atoms with Crippen LogP contribution in [0.3, 0.4) is 0 Å². The maximum Gasteiger partial charge on any atom is 0.0406 e. The van der Waals surface area contributed by atoms with E-state index in [0.29, 0.717) is 12.1 Å². The third-order valence-corrected chi connectivity index (χ3v) is 4.44. The molecule has 0 saturated carbocycles. The predicted molar refractivity (Wildman–Crippen MR) is 85.1 cm³/mol. The van der Waals surface area contributed by atoms with Crippen LogP contribution in [-0.4, -0.2) is 0 Å². The zero-order valence-electron chi connectivity index (χ0n) is 11.8. The topological polar surface area (TPSA) is 12.0 Å². The second-order valence-electron chi connectivity index (χ2n) is 5.58. The molecule has 0 amide bonds. The maximum atomic E-state index is 5.95. The Morgan fingerprint density at radius 2 is 1.85 bits per heavy atom. The van der Waals surface area contributed by atoms with Crippen LogP contribution in [0.15, 0.2) is 48.5 Å². The Kier molecular flexibility index (Phi) is 4.09. The van der Waals surface area contributed by atoms with Gasteiger partial charge in [0.2, 0.25) is 0 Å². The fraction of sp³-hybridized carbons (Fsp3) is 0.333. The summed E-state index contributed by atoms with van der Waals surface area (Å²) in [4.78, 5) is 0. The summed E-state index contributed by atoms with van der Waals surface area (Å²) in [5.41, 5.74) is 4.26. The molecular weight excluding hydrogens is 266 g/mol. The summed E-state index contributed by atoms with van der Waals surface area (Å²) in [5, 5.41) is 4.56. The second kappa shape index (κ2) is 5.99. The molecule has 0 spiro atoms. The second-order valence-corrected chi connectivity index (χ2v) is 6.02. The molecule has 20 heavy (non-hydrogen) atoms. The van der Waals surface area contributed by atoms with Crippen LogP contribution in [0.1, 0.15) is 48.5 Å². The number of aryl methyl sites for hydroxylation is 1. The van der Waals surface area contributed by atoms with Crippen molar-refractivity contribution in [2.75, 3.05) is 0 Å². The first-order valence-electron chi connectivity index (χ1n) is 7.33. The normalized spacial score (nSPS) is 19.4. The van der Waals surface area contributed by atoms with E-state index in [9.17, 15) is 0 Å². The summed E-state index contributed by atoms with van der Waals surface area (Å²) >= 11 is 5.95. The largest absolute Gasteiger partial charge is 0.303 e. The molecule has 0 fully saturated rings. The van der Waals surface area contributed by atoms with Crippen LogP contribution in [0.5, 0.6) is 0 Å². The molecule has 0 aromatic heterocycles.